The Morgan fingerprint density at radius 2 is 2.00 bits per heavy atom. The van der Waals surface area contributed by atoms with Gasteiger partial charge < -0.3 is 10.2 Å². The molecule has 2 rings (SSSR count). The summed E-state index contributed by atoms with van der Waals surface area (Å²) in [6, 6.07) is 6.19. The molecule has 0 aliphatic carbocycles. The van der Waals surface area contributed by atoms with Crippen LogP contribution in [0.15, 0.2) is 18.2 Å². The van der Waals surface area contributed by atoms with E-state index in [-0.39, 0.29) is 0 Å². The van der Waals surface area contributed by atoms with E-state index in [4.69, 9.17) is 11.6 Å². The average Bonchev–Trinajstić information content (AvgIpc) is 2.23. The van der Waals surface area contributed by atoms with E-state index in [0.717, 1.165) is 31.2 Å². The Labute approximate surface area is 89.9 Å². The van der Waals surface area contributed by atoms with Gasteiger partial charge in [-0.05, 0) is 24.6 Å². The highest BCUT2D eigenvalue weighted by Gasteiger charge is 2.12. The Kier molecular flexibility index (Phi) is 2.94. The van der Waals surface area contributed by atoms with Crippen LogP contribution in [0.4, 0.5) is 5.69 Å². The molecule has 1 aromatic rings. The van der Waals surface area contributed by atoms with Crippen LogP contribution in [-0.4, -0.2) is 26.2 Å². The molecule has 14 heavy (non-hydrogen) atoms. The van der Waals surface area contributed by atoms with Gasteiger partial charge in [-0.15, -0.1) is 0 Å². The van der Waals surface area contributed by atoms with Crippen molar-refractivity contribution < 1.29 is 0 Å². The first kappa shape index (κ1) is 9.81. The van der Waals surface area contributed by atoms with Gasteiger partial charge in [0.25, 0.3) is 0 Å². The van der Waals surface area contributed by atoms with Crippen molar-refractivity contribution in [3.63, 3.8) is 0 Å². The summed E-state index contributed by atoms with van der Waals surface area (Å²) < 4.78 is 0. The summed E-state index contributed by atoms with van der Waals surface area (Å²) in [7, 11) is 0. The zero-order valence-electron chi connectivity index (χ0n) is 8.39. The molecule has 1 fully saturated rings. The van der Waals surface area contributed by atoms with E-state index >= 15 is 0 Å². The third kappa shape index (κ3) is 2.02. The number of aryl methyl sites for hydroxylation is 1. The summed E-state index contributed by atoms with van der Waals surface area (Å²) in [6.45, 7) is 6.28. The summed E-state index contributed by atoms with van der Waals surface area (Å²) in [5, 5.41) is 4.19. The van der Waals surface area contributed by atoms with Crippen molar-refractivity contribution in [1.29, 1.82) is 0 Å². The van der Waals surface area contributed by atoms with Crippen LogP contribution >= 0.6 is 11.6 Å². The molecule has 1 aromatic carbocycles. The van der Waals surface area contributed by atoms with Crippen LogP contribution in [-0.2, 0) is 0 Å². The molecule has 1 aliphatic heterocycles. The van der Waals surface area contributed by atoms with Gasteiger partial charge in [-0.2, -0.15) is 0 Å². The zero-order chi connectivity index (χ0) is 9.97. The Hall–Kier alpha value is -0.730. The second-order valence-corrected chi connectivity index (χ2v) is 4.10. The van der Waals surface area contributed by atoms with Crippen LogP contribution in [0.3, 0.4) is 0 Å². The first-order valence-electron chi connectivity index (χ1n) is 4.99. The van der Waals surface area contributed by atoms with E-state index in [9.17, 15) is 0 Å². The predicted octanol–water partition coefficient (Wildman–Crippen LogP) is 2.06. The minimum Gasteiger partial charge on any atom is -0.368 e. The highest BCUT2D eigenvalue weighted by Crippen LogP contribution is 2.26. The van der Waals surface area contributed by atoms with Crippen molar-refractivity contribution >= 4 is 17.3 Å². The van der Waals surface area contributed by atoms with E-state index < -0.39 is 0 Å². The van der Waals surface area contributed by atoms with Crippen LogP contribution in [0, 0.1) is 6.92 Å². The number of nitrogens with one attached hydrogen (secondary N) is 1. The molecule has 76 valence electrons. The first-order chi connectivity index (χ1) is 6.77. The molecule has 0 saturated carbocycles. The van der Waals surface area contributed by atoms with E-state index in [0.29, 0.717) is 0 Å². The van der Waals surface area contributed by atoms with Crippen molar-refractivity contribution in [2.45, 2.75) is 6.92 Å². The van der Waals surface area contributed by atoms with Gasteiger partial charge in [0.2, 0.25) is 0 Å². The number of rotatable bonds is 1. The van der Waals surface area contributed by atoms with Gasteiger partial charge in [0, 0.05) is 26.2 Å². The highest BCUT2D eigenvalue weighted by atomic mass is 35.5. The van der Waals surface area contributed by atoms with Gasteiger partial charge in [0.05, 0.1) is 10.7 Å². The van der Waals surface area contributed by atoms with Crippen molar-refractivity contribution in [1.82, 2.24) is 5.32 Å². The monoisotopic (exact) mass is 210 g/mol. The predicted molar refractivity (Wildman–Crippen MR) is 61.3 cm³/mol. The fraction of sp³-hybridized carbons (Fsp3) is 0.455. The lowest BCUT2D eigenvalue weighted by atomic mass is 10.2. The molecule has 0 bridgehead atoms. The molecule has 0 aromatic heterocycles. The number of halogens is 1. The summed E-state index contributed by atoms with van der Waals surface area (Å²) in [4.78, 5) is 2.34. The first-order valence-corrected chi connectivity index (χ1v) is 5.37. The SMILES string of the molecule is Cc1ccc(Cl)c(N2CCNCC2)c1. The van der Waals surface area contributed by atoms with Gasteiger partial charge in [-0.1, -0.05) is 17.7 Å². The molecule has 0 unspecified atom stereocenters. The van der Waals surface area contributed by atoms with Crippen molar-refractivity contribution in [3.8, 4) is 0 Å². The van der Waals surface area contributed by atoms with Gasteiger partial charge in [-0.3, -0.25) is 0 Å². The van der Waals surface area contributed by atoms with E-state index in [1.54, 1.807) is 0 Å². The number of hydrogen-bond donors (Lipinski definition) is 1. The van der Waals surface area contributed by atoms with E-state index in [1.807, 2.05) is 12.1 Å². The average molecular weight is 211 g/mol. The summed E-state index contributed by atoms with van der Waals surface area (Å²) >= 11 is 6.17. The summed E-state index contributed by atoms with van der Waals surface area (Å²) in [5.74, 6) is 0. The second-order valence-electron chi connectivity index (χ2n) is 3.69. The molecule has 1 N–H and O–H groups in total. The Bertz CT molecular complexity index is 319. The minimum atomic E-state index is 0.859. The third-order valence-corrected chi connectivity index (χ3v) is 2.88. The van der Waals surface area contributed by atoms with Gasteiger partial charge in [-0.25, -0.2) is 0 Å². The fourth-order valence-corrected chi connectivity index (χ4v) is 2.01. The van der Waals surface area contributed by atoms with Crippen LogP contribution in [0.5, 0.6) is 0 Å². The number of piperazine rings is 1. The fourth-order valence-electron chi connectivity index (χ4n) is 1.77. The van der Waals surface area contributed by atoms with Gasteiger partial charge >= 0.3 is 0 Å². The standard InChI is InChI=1S/C11H15ClN2/c1-9-2-3-10(12)11(8-9)14-6-4-13-5-7-14/h2-3,8,13H,4-7H2,1H3. The molecular formula is C11H15ClN2. The zero-order valence-corrected chi connectivity index (χ0v) is 9.14. The van der Waals surface area contributed by atoms with Crippen LogP contribution in [0.1, 0.15) is 5.56 Å². The molecule has 0 radical (unpaired) electrons. The Morgan fingerprint density at radius 3 is 2.71 bits per heavy atom. The summed E-state index contributed by atoms with van der Waals surface area (Å²) in [5.41, 5.74) is 2.44. The molecular weight excluding hydrogens is 196 g/mol. The van der Waals surface area contributed by atoms with Gasteiger partial charge in [0.15, 0.2) is 0 Å². The maximum absolute atomic E-state index is 6.17. The number of nitrogens with zero attached hydrogens (tertiary/aromatic N) is 1. The normalized spacial score (nSPS) is 17.1. The molecule has 0 atom stereocenters. The lowest BCUT2D eigenvalue weighted by Crippen LogP contribution is -2.43. The van der Waals surface area contributed by atoms with E-state index in [1.165, 1.54) is 11.3 Å². The molecule has 1 saturated heterocycles. The highest BCUT2D eigenvalue weighted by molar-refractivity contribution is 6.33. The maximum atomic E-state index is 6.17. The lowest BCUT2D eigenvalue weighted by Gasteiger charge is -2.30. The van der Waals surface area contributed by atoms with Crippen LogP contribution < -0.4 is 10.2 Å². The third-order valence-electron chi connectivity index (χ3n) is 2.56. The van der Waals surface area contributed by atoms with E-state index in [2.05, 4.69) is 23.2 Å². The largest absolute Gasteiger partial charge is 0.368 e. The number of benzene rings is 1. The maximum Gasteiger partial charge on any atom is 0.0639 e. The number of hydrogen-bond acceptors (Lipinski definition) is 2. The number of anilines is 1. The molecule has 1 heterocycles. The topological polar surface area (TPSA) is 15.3 Å². The lowest BCUT2D eigenvalue weighted by molar-refractivity contribution is 0.589. The second kappa shape index (κ2) is 4.20. The summed E-state index contributed by atoms with van der Waals surface area (Å²) in [6.07, 6.45) is 0. The molecule has 2 nitrogen and oxygen atoms in total. The van der Waals surface area contributed by atoms with Crippen molar-refractivity contribution in [3.05, 3.63) is 28.8 Å². The minimum absolute atomic E-state index is 0.859. The Morgan fingerprint density at radius 1 is 1.29 bits per heavy atom. The molecule has 3 heteroatoms. The van der Waals surface area contributed by atoms with Crippen molar-refractivity contribution in [2.75, 3.05) is 31.1 Å². The van der Waals surface area contributed by atoms with Gasteiger partial charge in [0.1, 0.15) is 0 Å². The quantitative estimate of drug-likeness (QED) is 0.764. The van der Waals surface area contributed by atoms with Crippen LogP contribution in [0.2, 0.25) is 5.02 Å². The van der Waals surface area contributed by atoms with Crippen molar-refractivity contribution in [2.24, 2.45) is 0 Å². The smallest absolute Gasteiger partial charge is 0.0639 e. The van der Waals surface area contributed by atoms with Crippen LogP contribution in [0.25, 0.3) is 0 Å². The Balaban J connectivity index is 2.24. The molecule has 0 amide bonds. The molecule has 1 aliphatic rings. The molecule has 0 spiro atoms.